The summed E-state index contributed by atoms with van der Waals surface area (Å²) >= 11 is 5.16. The molecule has 2 rings (SSSR count). The molecular weight excluding hydrogens is 266 g/mol. The molecule has 1 saturated heterocycles. The van der Waals surface area contributed by atoms with Crippen LogP contribution in [0.5, 0.6) is 0 Å². The van der Waals surface area contributed by atoms with E-state index in [1.54, 1.807) is 0 Å². The fourth-order valence-corrected chi connectivity index (χ4v) is 3.03. The largest absolute Gasteiger partial charge is 0.393 e. The highest BCUT2D eigenvalue weighted by Crippen LogP contribution is 2.29. The molecule has 1 aliphatic rings. The van der Waals surface area contributed by atoms with Gasteiger partial charge in [0.25, 0.3) is 0 Å². The van der Waals surface area contributed by atoms with Gasteiger partial charge in [-0.3, -0.25) is 9.80 Å². The number of likely N-dealkylation sites (N-methyl/N-ethyl adjacent to an activating group) is 1. The Morgan fingerprint density at radius 1 is 1.30 bits per heavy atom. The lowest BCUT2D eigenvalue weighted by Crippen LogP contribution is -2.58. The van der Waals surface area contributed by atoms with Crippen LogP contribution in [0.4, 0.5) is 0 Å². The Bertz CT molecular complexity index is 458. The first-order valence-electron chi connectivity index (χ1n) is 7.19. The lowest BCUT2D eigenvalue weighted by molar-refractivity contribution is 0.0176. The van der Waals surface area contributed by atoms with Crippen LogP contribution in [0.25, 0.3) is 0 Å². The van der Waals surface area contributed by atoms with Crippen molar-refractivity contribution in [1.82, 2.24) is 9.80 Å². The molecule has 4 heteroatoms. The minimum Gasteiger partial charge on any atom is -0.393 e. The molecule has 0 spiro atoms. The zero-order chi connectivity index (χ0) is 14.8. The van der Waals surface area contributed by atoms with E-state index in [1.165, 1.54) is 5.56 Å². The van der Waals surface area contributed by atoms with E-state index in [2.05, 4.69) is 61.0 Å². The lowest BCUT2D eigenvalue weighted by Gasteiger charge is -2.48. The summed E-state index contributed by atoms with van der Waals surface area (Å²) in [5.74, 6) is 0. The standard InChI is InChI=1S/C16H25N3S/c1-16(2)12-19(10-9-18(16)3)14(11-15(17)20)13-7-5-4-6-8-13/h4-8,14H,9-12H2,1-3H3,(H2,17,20). The Morgan fingerprint density at radius 3 is 2.50 bits per heavy atom. The van der Waals surface area contributed by atoms with Crippen molar-refractivity contribution in [3.05, 3.63) is 35.9 Å². The van der Waals surface area contributed by atoms with E-state index in [1.807, 2.05) is 0 Å². The highest BCUT2D eigenvalue weighted by molar-refractivity contribution is 7.80. The van der Waals surface area contributed by atoms with Crippen molar-refractivity contribution in [2.75, 3.05) is 26.7 Å². The van der Waals surface area contributed by atoms with Gasteiger partial charge in [0.05, 0.1) is 4.99 Å². The zero-order valence-corrected chi connectivity index (χ0v) is 13.5. The van der Waals surface area contributed by atoms with Gasteiger partial charge in [0.15, 0.2) is 0 Å². The van der Waals surface area contributed by atoms with Gasteiger partial charge in [0, 0.05) is 37.6 Å². The Morgan fingerprint density at radius 2 is 1.95 bits per heavy atom. The molecule has 1 heterocycles. The molecule has 0 saturated carbocycles. The fourth-order valence-electron chi connectivity index (χ4n) is 2.87. The van der Waals surface area contributed by atoms with Crippen molar-refractivity contribution in [3.8, 4) is 0 Å². The maximum atomic E-state index is 5.83. The number of hydrogen-bond acceptors (Lipinski definition) is 3. The molecule has 1 fully saturated rings. The predicted octanol–water partition coefficient (Wildman–Crippen LogP) is 2.43. The van der Waals surface area contributed by atoms with Gasteiger partial charge >= 0.3 is 0 Å². The Balaban J connectivity index is 2.22. The van der Waals surface area contributed by atoms with Gasteiger partial charge in [-0.05, 0) is 26.5 Å². The third-order valence-electron chi connectivity index (χ3n) is 4.37. The van der Waals surface area contributed by atoms with Gasteiger partial charge in [-0.15, -0.1) is 0 Å². The van der Waals surface area contributed by atoms with Crippen LogP contribution in [0.15, 0.2) is 30.3 Å². The molecule has 3 nitrogen and oxygen atoms in total. The van der Waals surface area contributed by atoms with Gasteiger partial charge in [0.1, 0.15) is 0 Å². The Labute approximate surface area is 127 Å². The SMILES string of the molecule is CN1CCN(C(CC(N)=S)c2ccccc2)CC1(C)C. The smallest absolute Gasteiger partial charge is 0.0746 e. The highest BCUT2D eigenvalue weighted by atomic mass is 32.1. The second-order valence-corrected chi connectivity index (χ2v) is 6.83. The number of thiocarbonyl (C=S) groups is 1. The van der Waals surface area contributed by atoms with Crippen molar-refractivity contribution in [2.45, 2.75) is 31.8 Å². The van der Waals surface area contributed by atoms with Crippen molar-refractivity contribution in [1.29, 1.82) is 0 Å². The Hall–Kier alpha value is -0.970. The maximum absolute atomic E-state index is 5.83. The maximum Gasteiger partial charge on any atom is 0.0746 e. The van der Waals surface area contributed by atoms with Crippen LogP contribution in [0, 0.1) is 0 Å². The van der Waals surface area contributed by atoms with E-state index in [9.17, 15) is 0 Å². The molecule has 20 heavy (non-hydrogen) atoms. The average Bonchev–Trinajstić information content (AvgIpc) is 2.40. The second kappa shape index (κ2) is 6.20. The molecule has 0 aromatic heterocycles. The summed E-state index contributed by atoms with van der Waals surface area (Å²) in [7, 11) is 2.20. The number of rotatable bonds is 4. The number of nitrogens with zero attached hydrogens (tertiary/aromatic N) is 2. The number of piperazine rings is 1. The molecule has 110 valence electrons. The van der Waals surface area contributed by atoms with Crippen LogP contribution < -0.4 is 5.73 Å². The van der Waals surface area contributed by atoms with Crippen LogP contribution in [0.2, 0.25) is 0 Å². The molecule has 0 bridgehead atoms. The first-order chi connectivity index (χ1) is 9.40. The summed E-state index contributed by atoms with van der Waals surface area (Å²) in [6.45, 7) is 7.76. The van der Waals surface area contributed by atoms with Crippen LogP contribution in [-0.2, 0) is 0 Å². The van der Waals surface area contributed by atoms with Crippen molar-refractivity contribution in [2.24, 2.45) is 5.73 Å². The van der Waals surface area contributed by atoms with Gasteiger partial charge in [0.2, 0.25) is 0 Å². The van der Waals surface area contributed by atoms with Crippen LogP contribution in [0.3, 0.4) is 0 Å². The molecular formula is C16H25N3S. The minimum absolute atomic E-state index is 0.182. The van der Waals surface area contributed by atoms with Gasteiger partial charge in [-0.2, -0.15) is 0 Å². The molecule has 0 aliphatic carbocycles. The van der Waals surface area contributed by atoms with Crippen LogP contribution >= 0.6 is 12.2 Å². The molecule has 1 unspecified atom stereocenters. The molecule has 0 radical (unpaired) electrons. The third kappa shape index (κ3) is 3.57. The zero-order valence-electron chi connectivity index (χ0n) is 12.7. The third-order valence-corrected chi connectivity index (χ3v) is 4.53. The first kappa shape index (κ1) is 15.4. The summed E-state index contributed by atoms with van der Waals surface area (Å²) < 4.78 is 0. The van der Waals surface area contributed by atoms with E-state index in [-0.39, 0.29) is 5.54 Å². The van der Waals surface area contributed by atoms with E-state index >= 15 is 0 Å². The van der Waals surface area contributed by atoms with Crippen molar-refractivity contribution < 1.29 is 0 Å². The van der Waals surface area contributed by atoms with Gasteiger partial charge in [-0.1, -0.05) is 42.5 Å². The highest BCUT2D eigenvalue weighted by Gasteiger charge is 2.34. The molecule has 0 amide bonds. The van der Waals surface area contributed by atoms with E-state index < -0.39 is 0 Å². The quantitative estimate of drug-likeness (QED) is 0.864. The van der Waals surface area contributed by atoms with Crippen LogP contribution in [0.1, 0.15) is 31.9 Å². The molecule has 1 atom stereocenters. The molecule has 2 N–H and O–H groups in total. The summed E-state index contributed by atoms with van der Waals surface area (Å²) in [6.07, 6.45) is 0.749. The topological polar surface area (TPSA) is 32.5 Å². The van der Waals surface area contributed by atoms with E-state index in [4.69, 9.17) is 18.0 Å². The number of benzene rings is 1. The fraction of sp³-hybridized carbons (Fsp3) is 0.562. The number of nitrogens with two attached hydrogens (primary N) is 1. The lowest BCUT2D eigenvalue weighted by atomic mass is 9.94. The second-order valence-electron chi connectivity index (χ2n) is 6.30. The predicted molar refractivity (Wildman–Crippen MR) is 88.9 cm³/mol. The van der Waals surface area contributed by atoms with Crippen molar-refractivity contribution >= 4 is 17.2 Å². The minimum atomic E-state index is 0.182. The summed E-state index contributed by atoms with van der Waals surface area (Å²) in [5.41, 5.74) is 7.31. The normalized spacial score (nSPS) is 21.6. The Kier molecular flexibility index (Phi) is 4.78. The summed E-state index contributed by atoms with van der Waals surface area (Å²) in [4.78, 5) is 5.54. The number of hydrogen-bond donors (Lipinski definition) is 1. The summed E-state index contributed by atoms with van der Waals surface area (Å²) in [5, 5.41) is 0. The summed E-state index contributed by atoms with van der Waals surface area (Å²) in [6, 6.07) is 10.9. The molecule has 1 aromatic rings. The van der Waals surface area contributed by atoms with E-state index in [0.29, 0.717) is 11.0 Å². The van der Waals surface area contributed by atoms with Crippen LogP contribution in [-0.4, -0.2) is 47.0 Å². The molecule has 1 aromatic carbocycles. The van der Waals surface area contributed by atoms with Crippen molar-refractivity contribution in [3.63, 3.8) is 0 Å². The average molecular weight is 291 g/mol. The monoisotopic (exact) mass is 291 g/mol. The van der Waals surface area contributed by atoms with Gasteiger partial charge < -0.3 is 5.73 Å². The van der Waals surface area contributed by atoms with Gasteiger partial charge in [-0.25, -0.2) is 0 Å². The van der Waals surface area contributed by atoms with E-state index in [0.717, 1.165) is 26.1 Å². The molecule has 1 aliphatic heterocycles. The first-order valence-corrected chi connectivity index (χ1v) is 7.59.